The lowest BCUT2D eigenvalue weighted by molar-refractivity contribution is -0.118. The predicted molar refractivity (Wildman–Crippen MR) is 96.9 cm³/mol. The Hall–Kier alpha value is -3.28. The minimum absolute atomic E-state index is 0.267. The molecule has 0 fully saturated rings. The first-order chi connectivity index (χ1) is 12.5. The van der Waals surface area contributed by atoms with Gasteiger partial charge in [-0.1, -0.05) is 24.3 Å². The molecule has 0 unspecified atom stereocenters. The Kier molecular flexibility index (Phi) is 7.24. The van der Waals surface area contributed by atoms with E-state index in [1.54, 1.807) is 36.4 Å². The van der Waals surface area contributed by atoms with E-state index in [9.17, 15) is 18.4 Å². The Morgan fingerprint density at radius 2 is 1.04 bits per heavy atom. The lowest BCUT2D eigenvalue weighted by atomic mass is 10.2. The van der Waals surface area contributed by atoms with E-state index in [1.807, 2.05) is 0 Å². The van der Waals surface area contributed by atoms with Gasteiger partial charge in [0.05, 0.1) is 0 Å². The summed E-state index contributed by atoms with van der Waals surface area (Å²) in [5.74, 6) is -1.30. The topological polar surface area (TPSA) is 58.2 Å². The average Bonchev–Trinajstić information content (AvgIpc) is 2.64. The zero-order chi connectivity index (χ0) is 18.8. The van der Waals surface area contributed by atoms with Crippen LogP contribution in [0.25, 0.3) is 12.2 Å². The maximum Gasteiger partial charge on any atom is 0.244 e. The Labute approximate surface area is 150 Å². The number of hydrogen-bond acceptors (Lipinski definition) is 2. The lowest BCUT2D eigenvalue weighted by Gasteiger charge is -2.03. The maximum absolute atomic E-state index is 12.8. The number of nitrogens with one attached hydrogen (secondary N) is 2. The molecule has 0 atom stereocenters. The molecule has 0 aliphatic heterocycles. The van der Waals surface area contributed by atoms with Gasteiger partial charge in [-0.15, -0.1) is 0 Å². The number of amides is 2. The van der Waals surface area contributed by atoms with Gasteiger partial charge in [-0.05, 0) is 47.5 Å². The summed E-state index contributed by atoms with van der Waals surface area (Å²) in [6.07, 6.45) is 5.81. The van der Waals surface area contributed by atoms with E-state index in [-0.39, 0.29) is 36.5 Å². The van der Waals surface area contributed by atoms with Crippen LogP contribution in [0.1, 0.15) is 11.1 Å². The highest BCUT2D eigenvalue weighted by atomic mass is 19.1. The van der Waals surface area contributed by atoms with Gasteiger partial charge in [-0.25, -0.2) is 8.78 Å². The summed E-state index contributed by atoms with van der Waals surface area (Å²) in [6, 6.07) is 11.5. The highest BCUT2D eigenvalue weighted by Gasteiger charge is 1.98. The fourth-order valence-electron chi connectivity index (χ4n) is 1.98. The molecule has 6 heteroatoms. The van der Waals surface area contributed by atoms with Crippen molar-refractivity contribution in [3.63, 3.8) is 0 Å². The van der Waals surface area contributed by atoms with Gasteiger partial charge in [0.25, 0.3) is 0 Å². The SMILES string of the molecule is O=C(C=Cc1ccc(F)cc1)NCCNC(=O)C=Cc1ccc(F)cc1. The molecule has 0 heterocycles. The summed E-state index contributed by atoms with van der Waals surface area (Å²) >= 11 is 0. The third-order valence-electron chi connectivity index (χ3n) is 3.32. The van der Waals surface area contributed by atoms with Crippen molar-refractivity contribution in [3.05, 3.63) is 83.4 Å². The molecule has 2 amide bonds. The molecule has 2 N–H and O–H groups in total. The number of carbonyl (C=O) groups is 2. The third-order valence-corrected chi connectivity index (χ3v) is 3.32. The van der Waals surface area contributed by atoms with Crippen LogP contribution in [0.2, 0.25) is 0 Å². The van der Waals surface area contributed by atoms with Gasteiger partial charge in [0.1, 0.15) is 11.6 Å². The second-order valence-corrected chi connectivity index (χ2v) is 5.35. The predicted octanol–water partition coefficient (Wildman–Crippen LogP) is 2.92. The van der Waals surface area contributed by atoms with E-state index >= 15 is 0 Å². The fraction of sp³-hybridized carbons (Fsp3) is 0.100. The third kappa shape index (κ3) is 7.09. The second-order valence-electron chi connectivity index (χ2n) is 5.35. The number of benzene rings is 2. The molecule has 0 saturated heterocycles. The molecule has 4 nitrogen and oxygen atoms in total. The quantitative estimate of drug-likeness (QED) is 0.592. The van der Waals surface area contributed by atoms with E-state index in [0.717, 1.165) is 0 Å². The Bertz CT molecular complexity index is 728. The van der Waals surface area contributed by atoms with E-state index in [4.69, 9.17) is 0 Å². The van der Waals surface area contributed by atoms with Crippen molar-refractivity contribution >= 4 is 24.0 Å². The number of rotatable bonds is 7. The molecular formula is C20H18F2N2O2. The first-order valence-corrected chi connectivity index (χ1v) is 7.96. The van der Waals surface area contributed by atoms with Crippen molar-refractivity contribution in [1.82, 2.24) is 10.6 Å². The van der Waals surface area contributed by atoms with Gasteiger partial charge >= 0.3 is 0 Å². The van der Waals surface area contributed by atoms with Crippen molar-refractivity contribution in [2.75, 3.05) is 13.1 Å². The molecule has 2 aromatic rings. The minimum Gasteiger partial charge on any atom is -0.351 e. The van der Waals surface area contributed by atoms with Crippen molar-refractivity contribution in [2.45, 2.75) is 0 Å². The maximum atomic E-state index is 12.8. The Morgan fingerprint density at radius 1 is 0.692 bits per heavy atom. The zero-order valence-electron chi connectivity index (χ0n) is 13.9. The standard InChI is InChI=1S/C20H18F2N2O2/c21-17-7-1-15(2-8-17)5-11-19(25)23-13-14-24-20(26)12-6-16-3-9-18(22)10-4-16/h1-12H,13-14H2,(H,23,25)(H,24,26). The highest BCUT2D eigenvalue weighted by molar-refractivity contribution is 5.92. The van der Waals surface area contributed by atoms with Crippen LogP contribution in [-0.4, -0.2) is 24.9 Å². The fourth-order valence-corrected chi connectivity index (χ4v) is 1.98. The van der Waals surface area contributed by atoms with E-state index in [1.165, 1.54) is 36.4 Å². The van der Waals surface area contributed by atoms with Crippen molar-refractivity contribution in [3.8, 4) is 0 Å². The molecule has 2 aromatic carbocycles. The summed E-state index contributed by atoms with van der Waals surface area (Å²) in [5.41, 5.74) is 1.42. The largest absolute Gasteiger partial charge is 0.351 e. The van der Waals surface area contributed by atoms with Gasteiger partial charge in [0, 0.05) is 25.2 Å². The van der Waals surface area contributed by atoms with Crippen LogP contribution in [0.15, 0.2) is 60.7 Å². The Balaban J connectivity index is 1.66. The van der Waals surface area contributed by atoms with E-state index < -0.39 is 0 Å². The monoisotopic (exact) mass is 356 g/mol. The van der Waals surface area contributed by atoms with Crippen LogP contribution in [-0.2, 0) is 9.59 Å². The van der Waals surface area contributed by atoms with Gasteiger partial charge in [0.2, 0.25) is 11.8 Å². The van der Waals surface area contributed by atoms with Crippen LogP contribution < -0.4 is 10.6 Å². The molecule has 0 aliphatic rings. The average molecular weight is 356 g/mol. The first-order valence-electron chi connectivity index (χ1n) is 7.96. The summed E-state index contributed by atoms with van der Waals surface area (Å²) in [4.78, 5) is 23.3. The summed E-state index contributed by atoms with van der Waals surface area (Å²) in [7, 11) is 0. The molecule has 0 aromatic heterocycles. The van der Waals surface area contributed by atoms with E-state index in [2.05, 4.69) is 10.6 Å². The second kappa shape index (κ2) is 9.88. The van der Waals surface area contributed by atoms with Gasteiger partial charge in [-0.2, -0.15) is 0 Å². The summed E-state index contributed by atoms with van der Waals surface area (Å²) in [6.45, 7) is 0.533. The molecule has 0 spiro atoms. The van der Waals surface area contributed by atoms with E-state index in [0.29, 0.717) is 11.1 Å². The van der Waals surface area contributed by atoms with Gasteiger partial charge < -0.3 is 10.6 Å². The minimum atomic E-state index is -0.337. The lowest BCUT2D eigenvalue weighted by Crippen LogP contribution is -2.33. The van der Waals surface area contributed by atoms with Crippen molar-refractivity contribution in [1.29, 1.82) is 0 Å². The molecular weight excluding hydrogens is 338 g/mol. The first kappa shape index (κ1) is 19.1. The van der Waals surface area contributed by atoms with Gasteiger partial charge in [0.15, 0.2) is 0 Å². The molecule has 0 aliphatic carbocycles. The van der Waals surface area contributed by atoms with Crippen LogP contribution in [0.5, 0.6) is 0 Å². The summed E-state index contributed by atoms with van der Waals surface area (Å²) in [5, 5.41) is 5.24. The van der Waals surface area contributed by atoms with Crippen LogP contribution in [0.3, 0.4) is 0 Å². The van der Waals surface area contributed by atoms with Crippen molar-refractivity contribution < 1.29 is 18.4 Å². The molecule has 134 valence electrons. The molecule has 26 heavy (non-hydrogen) atoms. The number of hydrogen-bond donors (Lipinski definition) is 2. The highest BCUT2D eigenvalue weighted by Crippen LogP contribution is 2.05. The van der Waals surface area contributed by atoms with Crippen LogP contribution in [0, 0.1) is 11.6 Å². The van der Waals surface area contributed by atoms with Crippen LogP contribution in [0.4, 0.5) is 8.78 Å². The van der Waals surface area contributed by atoms with Crippen LogP contribution >= 0.6 is 0 Å². The normalized spacial score (nSPS) is 11.0. The molecule has 0 bridgehead atoms. The summed E-state index contributed by atoms with van der Waals surface area (Å²) < 4.78 is 25.5. The zero-order valence-corrected chi connectivity index (χ0v) is 13.9. The van der Waals surface area contributed by atoms with Gasteiger partial charge in [-0.3, -0.25) is 9.59 Å². The Morgan fingerprint density at radius 3 is 1.38 bits per heavy atom. The number of halogens is 2. The smallest absolute Gasteiger partial charge is 0.244 e. The molecule has 2 rings (SSSR count). The molecule has 0 saturated carbocycles. The molecule has 0 radical (unpaired) electrons. The number of carbonyl (C=O) groups excluding carboxylic acids is 2. The van der Waals surface area contributed by atoms with Crippen molar-refractivity contribution in [2.24, 2.45) is 0 Å².